The molecule has 0 heterocycles. The number of esters is 2. The highest BCUT2D eigenvalue weighted by Crippen LogP contribution is 2.21. The van der Waals surface area contributed by atoms with Gasteiger partial charge >= 0.3 is 11.9 Å². The first kappa shape index (κ1) is 19.5. The van der Waals surface area contributed by atoms with Gasteiger partial charge in [-0.15, -0.1) is 0 Å². The van der Waals surface area contributed by atoms with Gasteiger partial charge in [-0.2, -0.15) is 0 Å². The zero-order chi connectivity index (χ0) is 18.8. The van der Waals surface area contributed by atoms with Crippen molar-refractivity contribution in [2.45, 2.75) is 13.8 Å². The van der Waals surface area contributed by atoms with Gasteiger partial charge in [0.1, 0.15) is 23.7 Å². The molecular weight excluding hydrogens is 336 g/mol. The molecule has 6 heteroatoms. The molecule has 0 aromatic heterocycles. The summed E-state index contributed by atoms with van der Waals surface area (Å²) < 4.78 is 21.0. The molecule has 0 amide bonds. The van der Waals surface area contributed by atoms with Gasteiger partial charge < -0.3 is 18.9 Å². The van der Waals surface area contributed by atoms with Gasteiger partial charge in [0.2, 0.25) is 0 Å². The van der Waals surface area contributed by atoms with Crippen molar-refractivity contribution in [3.63, 3.8) is 0 Å². The van der Waals surface area contributed by atoms with Crippen molar-refractivity contribution in [1.82, 2.24) is 0 Å². The van der Waals surface area contributed by atoms with Crippen LogP contribution in [0, 0.1) is 0 Å². The molecule has 0 N–H and O–H groups in total. The van der Waals surface area contributed by atoms with E-state index in [9.17, 15) is 9.59 Å². The number of carbonyl (C=O) groups excluding carboxylic acids is 2. The average Bonchev–Trinajstić information content (AvgIpc) is 2.66. The number of benzene rings is 2. The lowest BCUT2D eigenvalue weighted by Crippen LogP contribution is -2.12. The number of hydrogen-bond donors (Lipinski definition) is 0. The van der Waals surface area contributed by atoms with Crippen molar-refractivity contribution < 1.29 is 28.5 Å². The molecule has 0 atom stereocenters. The Balaban J connectivity index is 1.96. The highest BCUT2D eigenvalue weighted by Gasteiger charge is 2.15. The maximum Gasteiger partial charge on any atom is 0.347 e. The third-order valence-electron chi connectivity index (χ3n) is 3.37. The highest BCUT2D eigenvalue weighted by molar-refractivity contribution is 5.94. The minimum absolute atomic E-state index is 0.192. The summed E-state index contributed by atoms with van der Waals surface area (Å²) in [6, 6.07) is 13.0. The third-order valence-corrected chi connectivity index (χ3v) is 3.37. The second-order valence-corrected chi connectivity index (χ2v) is 5.18. The van der Waals surface area contributed by atoms with Gasteiger partial charge in [-0.25, -0.2) is 9.59 Å². The Morgan fingerprint density at radius 3 is 2.27 bits per heavy atom. The van der Waals surface area contributed by atoms with E-state index in [2.05, 4.69) is 0 Å². The van der Waals surface area contributed by atoms with Gasteiger partial charge in [0.05, 0.1) is 18.8 Å². The molecule has 0 saturated heterocycles. The first-order chi connectivity index (χ1) is 12.7. The quantitative estimate of drug-likeness (QED) is 0.388. The molecule has 0 spiro atoms. The normalized spacial score (nSPS) is 10.2. The van der Waals surface area contributed by atoms with Gasteiger partial charge in [0.15, 0.2) is 0 Å². The largest absolute Gasteiger partial charge is 0.493 e. The lowest BCUT2D eigenvalue weighted by molar-refractivity contribution is 0.0335. The minimum atomic E-state index is -0.527. The van der Waals surface area contributed by atoms with Crippen LogP contribution in [0.3, 0.4) is 0 Å². The fourth-order valence-corrected chi connectivity index (χ4v) is 2.16. The molecule has 6 nitrogen and oxygen atoms in total. The van der Waals surface area contributed by atoms with E-state index in [1.54, 1.807) is 48.5 Å². The van der Waals surface area contributed by atoms with E-state index < -0.39 is 11.9 Å². The van der Waals surface area contributed by atoms with Crippen LogP contribution in [0.4, 0.5) is 0 Å². The Hall–Kier alpha value is -2.86. The molecule has 0 saturated carbocycles. The lowest BCUT2D eigenvalue weighted by atomic mass is 10.2. The van der Waals surface area contributed by atoms with Crippen LogP contribution in [0.5, 0.6) is 11.5 Å². The van der Waals surface area contributed by atoms with E-state index in [0.717, 1.165) is 0 Å². The predicted octanol–water partition coefficient (Wildman–Crippen LogP) is 3.50. The van der Waals surface area contributed by atoms with Crippen LogP contribution < -0.4 is 9.47 Å². The van der Waals surface area contributed by atoms with E-state index in [4.69, 9.17) is 18.9 Å². The molecule has 0 aliphatic heterocycles. The van der Waals surface area contributed by atoms with Crippen molar-refractivity contribution in [2.24, 2.45) is 0 Å². The second kappa shape index (κ2) is 10.2. The number of rotatable bonds is 9. The molecule has 2 rings (SSSR count). The topological polar surface area (TPSA) is 71.1 Å². The Kier molecular flexibility index (Phi) is 7.64. The van der Waals surface area contributed by atoms with Gasteiger partial charge in [-0.3, -0.25) is 0 Å². The monoisotopic (exact) mass is 358 g/mol. The number of carbonyl (C=O) groups is 2. The van der Waals surface area contributed by atoms with Crippen LogP contribution in [0.25, 0.3) is 0 Å². The Labute approximate surface area is 152 Å². The molecule has 138 valence electrons. The first-order valence-corrected chi connectivity index (χ1v) is 8.44. The van der Waals surface area contributed by atoms with E-state index in [0.29, 0.717) is 42.4 Å². The standard InChI is InChI=1S/C20H22O6/c1-3-23-13-14-25-19(21)15-9-11-16(12-10-15)26-20(22)17-7-5-6-8-18(17)24-4-2/h5-12H,3-4,13-14H2,1-2H3. The number of ether oxygens (including phenoxy) is 4. The average molecular weight is 358 g/mol. The molecule has 0 radical (unpaired) electrons. The number of para-hydroxylation sites is 1. The van der Waals surface area contributed by atoms with E-state index >= 15 is 0 Å². The van der Waals surface area contributed by atoms with Crippen LogP contribution in [-0.4, -0.2) is 38.4 Å². The summed E-state index contributed by atoms with van der Waals surface area (Å²) in [6.45, 7) is 5.28. The fourth-order valence-electron chi connectivity index (χ4n) is 2.16. The van der Waals surface area contributed by atoms with Crippen LogP contribution in [0.2, 0.25) is 0 Å². The van der Waals surface area contributed by atoms with Gasteiger partial charge in [0, 0.05) is 6.61 Å². The van der Waals surface area contributed by atoms with Gasteiger partial charge in [-0.05, 0) is 50.2 Å². The SMILES string of the molecule is CCOCCOC(=O)c1ccc(OC(=O)c2ccccc2OCC)cc1. The smallest absolute Gasteiger partial charge is 0.347 e. The molecule has 0 fully saturated rings. The van der Waals surface area contributed by atoms with Crippen molar-refractivity contribution in [3.8, 4) is 11.5 Å². The molecule has 0 aliphatic carbocycles. The zero-order valence-corrected chi connectivity index (χ0v) is 14.9. The Morgan fingerprint density at radius 1 is 0.846 bits per heavy atom. The molecule has 2 aromatic rings. The summed E-state index contributed by atoms with van der Waals surface area (Å²) in [5, 5.41) is 0. The summed E-state index contributed by atoms with van der Waals surface area (Å²) in [5.74, 6) is -0.188. The molecule has 0 unspecified atom stereocenters. The Morgan fingerprint density at radius 2 is 1.58 bits per heavy atom. The molecule has 0 aliphatic rings. The van der Waals surface area contributed by atoms with Gasteiger partial charge in [-0.1, -0.05) is 12.1 Å². The van der Waals surface area contributed by atoms with E-state index in [1.807, 2.05) is 13.8 Å². The highest BCUT2D eigenvalue weighted by atomic mass is 16.6. The molecule has 2 aromatic carbocycles. The second-order valence-electron chi connectivity index (χ2n) is 5.18. The van der Waals surface area contributed by atoms with Crippen LogP contribution in [0.1, 0.15) is 34.6 Å². The predicted molar refractivity (Wildman–Crippen MR) is 95.8 cm³/mol. The molecule has 26 heavy (non-hydrogen) atoms. The summed E-state index contributed by atoms with van der Waals surface area (Å²) in [5.41, 5.74) is 0.713. The van der Waals surface area contributed by atoms with Crippen molar-refractivity contribution in [2.75, 3.05) is 26.4 Å². The van der Waals surface area contributed by atoms with E-state index in [1.165, 1.54) is 0 Å². The van der Waals surface area contributed by atoms with Crippen LogP contribution in [-0.2, 0) is 9.47 Å². The van der Waals surface area contributed by atoms with Crippen molar-refractivity contribution in [3.05, 3.63) is 59.7 Å². The van der Waals surface area contributed by atoms with Crippen LogP contribution >= 0.6 is 0 Å². The summed E-state index contributed by atoms with van der Waals surface area (Å²) >= 11 is 0. The lowest BCUT2D eigenvalue weighted by Gasteiger charge is -2.10. The third kappa shape index (κ3) is 5.60. The summed E-state index contributed by atoms with van der Waals surface area (Å²) in [7, 11) is 0. The minimum Gasteiger partial charge on any atom is -0.493 e. The molecule has 0 bridgehead atoms. The van der Waals surface area contributed by atoms with Gasteiger partial charge in [0.25, 0.3) is 0 Å². The summed E-state index contributed by atoms with van der Waals surface area (Å²) in [4.78, 5) is 24.2. The maximum absolute atomic E-state index is 12.3. The Bertz CT molecular complexity index is 723. The van der Waals surface area contributed by atoms with Crippen LogP contribution in [0.15, 0.2) is 48.5 Å². The fraction of sp³-hybridized carbons (Fsp3) is 0.300. The first-order valence-electron chi connectivity index (χ1n) is 8.44. The summed E-state index contributed by atoms with van der Waals surface area (Å²) in [6.07, 6.45) is 0. The molecular formula is C20H22O6. The van der Waals surface area contributed by atoms with Crippen molar-refractivity contribution in [1.29, 1.82) is 0 Å². The zero-order valence-electron chi connectivity index (χ0n) is 14.9. The number of hydrogen-bond acceptors (Lipinski definition) is 6. The van der Waals surface area contributed by atoms with Crippen molar-refractivity contribution >= 4 is 11.9 Å². The maximum atomic E-state index is 12.3. The van der Waals surface area contributed by atoms with E-state index in [-0.39, 0.29) is 6.61 Å².